The van der Waals surface area contributed by atoms with Crippen molar-refractivity contribution in [3.05, 3.63) is 0 Å². The lowest BCUT2D eigenvalue weighted by molar-refractivity contribution is -0.155. The Morgan fingerprint density at radius 2 is 2.24 bits per heavy atom. The second-order valence-electron chi connectivity index (χ2n) is 5.74. The number of carbonyl (C=O) groups excluding carboxylic acids is 1. The van der Waals surface area contributed by atoms with Crippen LogP contribution in [0.2, 0.25) is 0 Å². The molecule has 2 unspecified atom stereocenters. The van der Waals surface area contributed by atoms with Gasteiger partial charge in [-0.25, -0.2) is 4.68 Å². The molecule has 2 fully saturated rings. The number of aromatic nitrogens is 4. The van der Waals surface area contributed by atoms with Gasteiger partial charge in [-0.2, -0.15) is 8.42 Å². The molecule has 0 aliphatic carbocycles. The van der Waals surface area contributed by atoms with Gasteiger partial charge in [0.1, 0.15) is 16.8 Å². The third-order valence-electron chi connectivity index (χ3n) is 3.90. The number of tetrazole rings is 1. The number of carbonyl (C=O) groups is 2. The Morgan fingerprint density at radius 1 is 1.52 bits per heavy atom. The van der Waals surface area contributed by atoms with Gasteiger partial charge in [-0.3, -0.25) is 14.1 Å². The minimum atomic E-state index is -4.34. The summed E-state index contributed by atoms with van der Waals surface area (Å²) in [5, 5.41) is 19.9. The van der Waals surface area contributed by atoms with Crippen molar-refractivity contribution in [3.8, 4) is 0 Å². The molecule has 1 aromatic rings. The van der Waals surface area contributed by atoms with Gasteiger partial charge in [0.15, 0.2) is 5.88 Å². The first-order chi connectivity index (χ1) is 11.6. The molecule has 1 amide bonds. The number of fused-ring (bicyclic) bond motifs is 1. The highest BCUT2D eigenvalue weighted by Crippen LogP contribution is 2.43. The first kappa shape index (κ1) is 18.4. The van der Waals surface area contributed by atoms with E-state index in [2.05, 4.69) is 15.5 Å². The van der Waals surface area contributed by atoms with Gasteiger partial charge in [0.05, 0.1) is 0 Å². The van der Waals surface area contributed by atoms with E-state index in [4.69, 9.17) is 10.3 Å². The zero-order valence-electron chi connectivity index (χ0n) is 12.5. The Morgan fingerprint density at radius 3 is 2.88 bits per heavy atom. The maximum atomic E-state index is 11.8. The van der Waals surface area contributed by atoms with Crippen molar-refractivity contribution in [2.24, 2.45) is 11.1 Å². The second-order valence-corrected chi connectivity index (χ2v) is 9.21. The molecular weight excluding hydrogens is 396 g/mol. The number of hydrogen-bond acceptors (Lipinski definition) is 10. The smallest absolute Gasteiger partial charge is 0.313 e. The summed E-state index contributed by atoms with van der Waals surface area (Å²) in [6.45, 7) is 0.0133. The van der Waals surface area contributed by atoms with Crippen molar-refractivity contribution in [3.63, 3.8) is 0 Å². The number of nitrogens with two attached hydrogens (primary N) is 1. The van der Waals surface area contributed by atoms with Crippen molar-refractivity contribution in [1.82, 2.24) is 25.1 Å². The van der Waals surface area contributed by atoms with Gasteiger partial charge in [0.2, 0.25) is 11.1 Å². The molecule has 0 radical (unpaired) electrons. The molecule has 3 atom stereocenters. The molecule has 0 spiro atoms. The maximum absolute atomic E-state index is 11.8. The summed E-state index contributed by atoms with van der Waals surface area (Å²) in [4.78, 5) is 25.1. The summed E-state index contributed by atoms with van der Waals surface area (Å²) in [7, 11) is -4.34. The molecule has 1 aromatic heterocycles. The van der Waals surface area contributed by atoms with E-state index >= 15 is 0 Å². The van der Waals surface area contributed by atoms with Gasteiger partial charge < -0.3 is 15.7 Å². The van der Waals surface area contributed by atoms with E-state index in [1.807, 2.05) is 0 Å². The second kappa shape index (κ2) is 6.39. The van der Waals surface area contributed by atoms with E-state index in [1.54, 1.807) is 0 Å². The third kappa shape index (κ3) is 3.46. The SMILES string of the molecule is NC1C(=O)N2CC(CSc3nnnn3CS(=O)(=O)O)(C(=O)O)CS[C@H]12. The number of thioether (sulfide) groups is 2. The van der Waals surface area contributed by atoms with Crippen molar-refractivity contribution in [2.45, 2.75) is 22.4 Å². The van der Waals surface area contributed by atoms with Gasteiger partial charge >= 0.3 is 5.97 Å². The van der Waals surface area contributed by atoms with Crippen LogP contribution in [0.4, 0.5) is 0 Å². The Kier molecular flexibility index (Phi) is 4.69. The highest BCUT2D eigenvalue weighted by Gasteiger charge is 2.55. The number of carboxylic acid groups (broad SMARTS) is 1. The van der Waals surface area contributed by atoms with E-state index in [-0.39, 0.29) is 34.5 Å². The normalized spacial score (nSPS) is 29.2. The number of aliphatic carboxylic acids is 1. The zero-order valence-corrected chi connectivity index (χ0v) is 15.0. The average molecular weight is 410 g/mol. The standard InChI is InChI=1S/C10H14N6O6S3/c11-5-6(17)15-1-10(8(18)19,2-23-7(5)15)3-24-9-12-13-14-16(9)4-25(20,21)22/h5,7H,1-4,11H2,(H,18,19)(H,20,21,22)/t5?,7-,10?/m1/s1. The number of β-lactam (4-membered cyclic amide) rings is 1. The van der Waals surface area contributed by atoms with Crippen molar-refractivity contribution < 1.29 is 27.7 Å². The molecule has 25 heavy (non-hydrogen) atoms. The summed E-state index contributed by atoms with van der Waals surface area (Å²) in [5.74, 6) is -1.93. The van der Waals surface area contributed by atoms with Gasteiger partial charge in [-0.1, -0.05) is 11.8 Å². The largest absolute Gasteiger partial charge is 0.481 e. The van der Waals surface area contributed by atoms with Gasteiger partial charge in [-0.05, 0) is 10.4 Å². The topological polar surface area (TPSA) is 182 Å². The van der Waals surface area contributed by atoms with Crippen molar-refractivity contribution in [1.29, 1.82) is 0 Å². The minimum absolute atomic E-state index is 0.0133. The summed E-state index contributed by atoms with van der Waals surface area (Å²) in [5.41, 5.74) is 4.46. The molecule has 3 rings (SSSR count). The van der Waals surface area contributed by atoms with Gasteiger partial charge in [0, 0.05) is 18.1 Å². The number of nitrogens with zero attached hydrogens (tertiary/aromatic N) is 5. The predicted molar refractivity (Wildman–Crippen MR) is 86.1 cm³/mol. The Labute approximate surface area is 150 Å². The van der Waals surface area contributed by atoms with Gasteiger partial charge in [-0.15, -0.1) is 16.9 Å². The van der Waals surface area contributed by atoms with Crippen molar-refractivity contribution in [2.75, 3.05) is 18.1 Å². The van der Waals surface area contributed by atoms with E-state index < -0.39 is 33.4 Å². The zero-order chi connectivity index (χ0) is 18.4. The molecule has 2 aliphatic rings. The van der Waals surface area contributed by atoms with Crippen LogP contribution in [-0.4, -0.2) is 84.5 Å². The quantitative estimate of drug-likeness (QED) is 0.265. The number of hydrogen-bond donors (Lipinski definition) is 3. The van der Waals surface area contributed by atoms with E-state index in [0.29, 0.717) is 0 Å². The molecule has 15 heteroatoms. The predicted octanol–water partition coefficient (Wildman–Crippen LogP) is -2.08. The fraction of sp³-hybridized carbons (Fsp3) is 0.700. The monoisotopic (exact) mass is 410 g/mol. The molecule has 12 nitrogen and oxygen atoms in total. The lowest BCUT2D eigenvalue weighted by Crippen LogP contribution is -2.72. The van der Waals surface area contributed by atoms with Crippen LogP contribution < -0.4 is 5.73 Å². The molecule has 4 N–H and O–H groups in total. The fourth-order valence-corrected chi connectivity index (χ4v) is 5.79. The van der Waals surface area contributed by atoms with Crippen LogP contribution in [0.15, 0.2) is 5.16 Å². The summed E-state index contributed by atoms with van der Waals surface area (Å²) in [6.07, 6.45) is 0. The molecule has 138 valence electrons. The summed E-state index contributed by atoms with van der Waals surface area (Å²) < 4.78 is 31.7. The minimum Gasteiger partial charge on any atom is -0.481 e. The van der Waals surface area contributed by atoms with Crippen molar-refractivity contribution >= 4 is 45.5 Å². The molecule has 2 saturated heterocycles. The van der Waals surface area contributed by atoms with E-state index in [0.717, 1.165) is 16.4 Å². The summed E-state index contributed by atoms with van der Waals surface area (Å²) >= 11 is 2.25. The molecule has 0 saturated carbocycles. The van der Waals surface area contributed by atoms with Crippen LogP contribution in [0.5, 0.6) is 0 Å². The van der Waals surface area contributed by atoms with Gasteiger partial charge in [0.25, 0.3) is 10.1 Å². The molecule has 0 aromatic carbocycles. The van der Waals surface area contributed by atoms with Crippen LogP contribution in [0.1, 0.15) is 0 Å². The Hall–Kier alpha value is -1.42. The highest BCUT2D eigenvalue weighted by molar-refractivity contribution is 8.00. The summed E-state index contributed by atoms with van der Waals surface area (Å²) in [6, 6.07) is -0.605. The van der Waals surface area contributed by atoms with Crippen LogP contribution in [-0.2, 0) is 25.6 Å². The average Bonchev–Trinajstić information content (AvgIpc) is 2.96. The van der Waals surface area contributed by atoms with Crippen LogP contribution in [0.25, 0.3) is 0 Å². The lowest BCUT2D eigenvalue weighted by atomic mass is 9.89. The molecule has 0 bridgehead atoms. The number of carboxylic acids is 1. The highest BCUT2D eigenvalue weighted by atomic mass is 32.2. The van der Waals surface area contributed by atoms with Crippen LogP contribution in [0.3, 0.4) is 0 Å². The molecule has 2 aliphatic heterocycles. The Bertz CT molecular complexity index is 814. The first-order valence-corrected chi connectivity index (χ1v) is 10.5. The number of rotatable bonds is 6. The molecule has 3 heterocycles. The Balaban J connectivity index is 1.73. The van der Waals surface area contributed by atoms with Crippen LogP contribution >= 0.6 is 23.5 Å². The third-order valence-corrected chi connectivity index (χ3v) is 7.33. The first-order valence-electron chi connectivity index (χ1n) is 6.88. The van der Waals surface area contributed by atoms with Crippen LogP contribution in [0, 0.1) is 5.41 Å². The van der Waals surface area contributed by atoms with E-state index in [1.165, 1.54) is 16.7 Å². The number of amides is 1. The molecular formula is C10H14N6O6S3. The van der Waals surface area contributed by atoms with E-state index in [9.17, 15) is 23.1 Å². The maximum Gasteiger partial charge on any atom is 0.313 e. The fourth-order valence-electron chi connectivity index (χ4n) is 2.55. The lowest BCUT2D eigenvalue weighted by Gasteiger charge is -2.52.